The maximum atomic E-state index is 14.7. The van der Waals surface area contributed by atoms with Crippen molar-refractivity contribution in [1.82, 2.24) is 10.2 Å². The molecule has 146 valence electrons. The van der Waals surface area contributed by atoms with Crippen LogP contribution in [0.25, 0.3) is 0 Å². The van der Waals surface area contributed by atoms with Crippen molar-refractivity contribution < 1.29 is 18.7 Å². The van der Waals surface area contributed by atoms with Gasteiger partial charge in [0.1, 0.15) is 11.9 Å². The van der Waals surface area contributed by atoms with Gasteiger partial charge in [-0.3, -0.25) is 9.69 Å². The Kier molecular flexibility index (Phi) is 5.79. The molecule has 27 heavy (non-hydrogen) atoms. The molecule has 3 rings (SSSR count). The molecule has 1 N–H and O–H groups in total. The second-order valence-corrected chi connectivity index (χ2v) is 7.35. The van der Waals surface area contributed by atoms with Crippen LogP contribution < -0.4 is 15.1 Å². The summed E-state index contributed by atoms with van der Waals surface area (Å²) in [5.74, 6) is -0.367. The van der Waals surface area contributed by atoms with Gasteiger partial charge in [-0.2, -0.15) is 0 Å². The largest absolute Gasteiger partial charge is 0.442 e. The number of rotatable bonds is 4. The van der Waals surface area contributed by atoms with Crippen LogP contribution in [0, 0.1) is 5.82 Å². The van der Waals surface area contributed by atoms with E-state index in [0.717, 1.165) is 0 Å². The number of amides is 2. The maximum absolute atomic E-state index is 14.7. The smallest absolute Gasteiger partial charge is 0.414 e. The first kappa shape index (κ1) is 19.3. The van der Waals surface area contributed by atoms with Crippen LogP contribution >= 0.6 is 12.2 Å². The number of likely N-dealkylation sites (N-methyl/N-ethyl adjacent to an activating group) is 1. The van der Waals surface area contributed by atoms with Gasteiger partial charge >= 0.3 is 6.09 Å². The summed E-state index contributed by atoms with van der Waals surface area (Å²) in [6, 6.07) is 4.70. The van der Waals surface area contributed by atoms with Crippen molar-refractivity contribution in [3.8, 4) is 0 Å². The van der Waals surface area contributed by atoms with E-state index in [0.29, 0.717) is 55.5 Å². The van der Waals surface area contributed by atoms with Gasteiger partial charge in [0, 0.05) is 33.1 Å². The first-order valence-electron chi connectivity index (χ1n) is 8.86. The van der Waals surface area contributed by atoms with E-state index in [2.05, 4.69) is 5.32 Å². The summed E-state index contributed by atoms with van der Waals surface area (Å²) in [4.78, 5) is 29.5. The highest BCUT2D eigenvalue weighted by Crippen LogP contribution is 2.28. The number of thiocarbonyl (C=S) groups is 1. The van der Waals surface area contributed by atoms with Gasteiger partial charge < -0.3 is 19.9 Å². The maximum Gasteiger partial charge on any atom is 0.414 e. The monoisotopic (exact) mass is 394 g/mol. The van der Waals surface area contributed by atoms with Crippen LogP contribution in [0.1, 0.15) is 13.3 Å². The van der Waals surface area contributed by atoms with Crippen molar-refractivity contribution in [3.63, 3.8) is 0 Å². The number of benzene rings is 1. The Morgan fingerprint density at radius 1 is 1.33 bits per heavy atom. The second-order valence-electron chi connectivity index (χ2n) is 6.74. The fourth-order valence-corrected chi connectivity index (χ4v) is 3.27. The standard InChI is InChI=1S/C18H23FN4O3S/c1-12(27)20-10-14-11-23(18(25)26-14)13-3-4-16(15(19)9-13)22-6-5-17(24)21(2)7-8-22/h3-4,9,14H,5-8,10-11H2,1-2H3,(H,20,27). The van der Waals surface area contributed by atoms with Gasteiger partial charge in [0.05, 0.1) is 29.5 Å². The molecule has 9 heteroatoms. The van der Waals surface area contributed by atoms with E-state index in [1.807, 2.05) is 4.90 Å². The lowest BCUT2D eigenvalue weighted by molar-refractivity contribution is -0.129. The Morgan fingerprint density at radius 3 is 2.81 bits per heavy atom. The molecule has 1 aromatic carbocycles. The molecule has 1 unspecified atom stereocenters. The first-order valence-corrected chi connectivity index (χ1v) is 9.27. The van der Waals surface area contributed by atoms with Crippen LogP contribution in [0.2, 0.25) is 0 Å². The third-order valence-corrected chi connectivity index (χ3v) is 4.91. The summed E-state index contributed by atoms with van der Waals surface area (Å²) >= 11 is 4.96. The quantitative estimate of drug-likeness (QED) is 0.785. The Labute approximate surface area is 163 Å². The molecule has 0 spiro atoms. The highest BCUT2D eigenvalue weighted by atomic mass is 32.1. The number of ether oxygens (including phenoxy) is 1. The Morgan fingerprint density at radius 2 is 2.11 bits per heavy atom. The molecule has 0 aromatic heterocycles. The number of hydrogen-bond acceptors (Lipinski definition) is 5. The minimum absolute atomic E-state index is 0.0561. The lowest BCUT2D eigenvalue weighted by atomic mass is 10.2. The van der Waals surface area contributed by atoms with Crippen molar-refractivity contribution in [3.05, 3.63) is 24.0 Å². The second kappa shape index (κ2) is 8.08. The van der Waals surface area contributed by atoms with Crippen LogP contribution in [0.4, 0.5) is 20.6 Å². The van der Waals surface area contributed by atoms with E-state index in [1.165, 1.54) is 11.0 Å². The molecule has 1 aromatic rings. The zero-order valence-electron chi connectivity index (χ0n) is 15.4. The number of cyclic esters (lactones) is 1. The van der Waals surface area contributed by atoms with Gasteiger partial charge in [-0.25, -0.2) is 9.18 Å². The summed E-state index contributed by atoms with van der Waals surface area (Å²) in [6.45, 7) is 4.09. The molecule has 2 saturated heterocycles. The van der Waals surface area contributed by atoms with E-state index in [4.69, 9.17) is 17.0 Å². The topological polar surface area (TPSA) is 65.1 Å². The summed E-state index contributed by atoms with van der Waals surface area (Å²) < 4.78 is 20.0. The number of nitrogens with zero attached hydrogens (tertiary/aromatic N) is 3. The molecular formula is C18H23FN4O3S. The third-order valence-electron chi connectivity index (χ3n) is 4.76. The average Bonchev–Trinajstić information content (AvgIpc) is 2.92. The molecule has 2 fully saturated rings. The van der Waals surface area contributed by atoms with Crippen molar-refractivity contribution in [2.75, 3.05) is 49.6 Å². The summed E-state index contributed by atoms with van der Waals surface area (Å²) in [5.41, 5.74) is 0.884. The molecule has 1 atom stereocenters. The van der Waals surface area contributed by atoms with Gasteiger partial charge in [-0.15, -0.1) is 0 Å². The van der Waals surface area contributed by atoms with Crippen LogP contribution in [-0.2, 0) is 9.53 Å². The van der Waals surface area contributed by atoms with Gasteiger partial charge in [-0.05, 0) is 25.1 Å². The van der Waals surface area contributed by atoms with Crippen LogP contribution in [0.15, 0.2) is 18.2 Å². The van der Waals surface area contributed by atoms with Crippen molar-refractivity contribution in [2.45, 2.75) is 19.4 Å². The number of carbonyl (C=O) groups is 2. The van der Waals surface area contributed by atoms with E-state index in [1.54, 1.807) is 31.0 Å². The van der Waals surface area contributed by atoms with Gasteiger partial charge in [-0.1, -0.05) is 12.2 Å². The average molecular weight is 394 g/mol. The van der Waals surface area contributed by atoms with Gasteiger partial charge in [0.25, 0.3) is 0 Å². The SMILES string of the molecule is CC(=S)NCC1CN(c2ccc(N3CCC(=O)N(C)CC3)c(F)c2)C(=O)O1. The summed E-state index contributed by atoms with van der Waals surface area (Å²) in [6.07, 6.45) is -0.493. The zero-order valence-corrected chi connectivity index (χ0v) is 16.2. The molecule has 2 heterocycles. The highest BCUT2D eigenvalue weighted by Gasteiger charge is 2.33. The lowest BCUT2D eigenvalue weighted by Gasteiger charge is -2.24. The zero-order chi connectivity index (χ0) is 19.6. The minimum atomic E-state index is -0.502. The van der Waals surface area contributed by atoms with E-state index < -0.39 is 11.9 Å². The Bertz CT molecular complexity index is 760. The fraction of sp³-hybridized carbons (Fsp3) is 0.500. The Hall–Kier alpha value is -2.42. The molecule has 2 aliphatic rings. The molecule has 0 aliphatic carbocycles. The normalized spacial score (nSPS) is 20.6. The fourth-order valence-electron chi connectivity index (χ4n) is 3.19. The number of anilines is 2. The van der Waals surface area contributed by atoms with Gasteiger partial charge in [0.15, 0.2) is 0 Å². The molecule has 2 amide bonds. The van der Waals surface area contributed by atoms with Gasteiger partial charge in [0.2, 0.25) is 5.91 Å². The third kappa shape index (κ3) is 4.47. The highest BCUT2D eigenvalue weighted by molar-refractivity contribution is 7.80. The van der Waals surface area contributed by atoms with Crippen molar-refractivity contribution in [2.24, 2.45) is 0 Å². The van der Waals surface area contributed by atoms with E-state index in [9.17, 15) is 14.0 Å². The minimum Gasteiger partial charge on any atom is -0.442 e. The Balaban J connectivity index is 1.70. The number of nitrogens with one attached hydrogen (secondary N) is 1. The summed E-state index contributed by atoms with van der Waals surface area (Å²) in [5, 5.41) is 2.97. The predicted molar refractivity (Wildman–Crippen MR) is 105 cm³/mol. The molecular weight excluding hydrogens is 371 g/mol. The molecule has 0 bridgehead atoms. The van der Waals surface area contributed by atoms with Crippen LogP contribution in [-0.4, -0.2) is 67.8 Å². The van der Waals surface area contributed by atoms with Crippen LogP contribution in [0.5, 0.6) is 0 Å². The summed E-state index contributed by atoms with van der Waals surface area (Å²) in [7, 11) is 1.75. The van der Waals surface area contributed by atoms with Crippen LogP contribution in [0.3, 0.4) is 0 Å². The molecule has 0 radical (unpaired) electrons. The van der Waals surface area contributed by atoms with Crippen molar-refractivity contribution in [1.29, 1.82) is 0 Å². The number of carbonyl (C=O) groups excluding carboxylic acids is 2. The molecule has 0 saturated carbocycles. The first-order chi connectivity index (χ1) is 12.8. The van der Waals surface area contributed by atoms with Crippen molar-refractivity contribution >= 4 is 40.6 Å². The van der Waals surface area contributed by atoms with E-state index >= 15 is 0 Å². The van der Waals surface area contributed by atoms with E-state index in [-0.39, 0.29) is 12.0 Å². The molecule has 2 aliphatic heterocycles. The lowest BCUT2D eigenvalue weighted by Crippen LogP contribution is -2.32. The molecule has 7 nitrogen and oxygen atoms in total. The number of halogens is 1. The predicted octanol–water partition coefficient (Wildman–Crippen LogP) is 1.76. The number of hydrogen-bond donors (Lipinski definition) is 1.